The second-order valence-corrected chi connectivity index (χ2v) is 8.63. The first kappa shape index (κ1) is 20.8. The molecule has 0 fully saturated rings. The van der Waals surface area contributed by atoms with E-state index in [1.807, 2.05) is 49.4 Å². The Morgan fingerprint density at radius 3 is 2.20 bits per heavy atom. The predicted octanol–water partition coefficient (Wildman–Crippen LogP) is 4.76. The molecule has 0 saturated heterocycles. The van der Waals surface area contributed by atoms with Crippen molar-refractivity contribution in [3.63, 3.8) is 0 Å². The summed E-state index contributed by atoms with van der Waals surface area (Å²) in [6, 6.07) is 27.5. The maximum absolute atomic E-state index is 13.8. The minimum Gasteiger partial charge on any atom is -0.506 e. The number of rotatable bonds is 3. The first-order valence-corrected chi connectivity index (χ1v) is 11.3. The third kappa shape index (κ3) is 3.28. The highest BCUT2D eigenvalue weighted by Gasteiger charge is 2.18. The molecule has 0 aromatic heterocycles. The van der Waals surface area contributed by atoms with Crippen molar-refractivity contribution in [1.29, 1.82) is 0 Å². The van der Waals surface area contributed by atoms with Gasteiger partial charge in [-0.2, -0.15) is 0 Å². The molecule has 1 aliphatic carbocycles. The minimum absolute atomic E-state index is 0.0948. The molecule has 2 aliphatic rings. The number of nitrogens with one attached hydrogen (secondary N) is 1. The molecule has 6 rings (SSSR count). The Balaban J connectivity index is 1.86. The van der Waals surface area contributed by atoms with Gasteiger partial charge in [-0.25, -0.2) is 4.98 Å². The normalized spacial score (nSPS) is 12.4. The maximum Gasteiger partial charge on any atom is 0.281 e. The standard InChI is InChI=1S/C30H20N2O3/c1-17-11-13-19(14-12-17)31-23-16-15-22-25-24(20-9-5-6-10-21(20)29(34)26(23)25)27(30(35)32-22)28(33)18-7-3-2-4-8-18/h2-16,31,33H,1H3. The number of anilines is 2. The summed E-state index contributed by atoms with van der Waals surface area (Å²) < 4.78 is 0. The lowest BCUT2D eigenvalue weighted by molar-refractivity contribution is 0.506. The van der Waals surface area contributed by atoms with E-state index in [4.69, 9.17) is 0 Å². The Labute approximate surface area is 199 Å². The van der Waals surface area contributed by atoms with Gasteiger partial charge in [0.05, 0.1) is 21.8 Å². The summed E-state index contributed by atoms with van der Waals surface area (Å²) in [5.41, 5.74) is 2.82. The van der Waals surface area contributed by atoms with Crippen LogP contribution in [0.25, 0.3) is 27.4 Å². The van der Waals surface area contributed by atoms with Crippen LogP contribution in [0.3, 0.4) is 0 Å². The van der Waals surface area contributed by atoms with Crippen LogP contribution in [0.2, 0.25) is 0 Å². The molecule has 0 bridgehead atoms. The van der Waals surface area contributed by atoms with Crippen LogP contribution in [0.4, 0.5) is 11.4 Å². The van der Waals surface area contributed by atoms with Crippen molar-refractivity contribution < 1.29 is 5.11 Å². The number of aliphatic hydroxyl groups excluding tert-OH is 1. The van der Waals surface area contributed by atoms with Crippen LogP contribution < -0.4 is 21.5 Å². The lowest BCUT2D eigenvalue weighted by atomic mass is 9.96. The van der Waals surface area contributed by atoms with Crippen LogP contribution in [0, 0.1) is 17.4 Å². The van der Waals surface area contributed by atoms with Gasteiger partial charge in [0.2, 0.25) is 0 Å². The van der Waals surface area contributed by atoms with E-state index >= 15 is 0 Å². The summed E-state index contributed by atoms with van der Waals surface area (Å²) in [4.78, 5) is 31.3. The highest BCUT2D eigenvalue weighted by molar-refractivity contribution is 5.96. The molecule has 2 N–H and O–H groups in total. The minimum atomic E-state index is -0.539. The van der Waals surface area contributed by atoms with Crippen LogP contribution in [-0.4, -0.2) is 10.1 Å². The third-order valence-electron chi connectivity index (χ3n) is 6.40. The van der Waals surface area contributed by atoms with Gasteiger partial charge in [-0.1, -0.05) is 72.3 Å². The molecule has 35 heavy (non-hydrogen) atoms. The van der Waals surface area contributed by atoms with Crippen molar-refractivity contribution in [2.24, 2.45) is 0 Å². The average Bonchev–Trinajstić information content (AvgIpc) is 2.89. The highest BCUT2D eigenvalue weighted by atomic mass is 16.3. The fraction of sp³-hybridized carbons (Fsp3) is 0.0333. The molecule has 4 aromatic carbocycles. The summed E-state index contributed by atoms with van der Waals surface area (Å²) in [5, 5.41) is 17.3. The summed E-state index contributed by atoms with van der Waals surface area (Å²) in [6.45, 7) is 2.01. The van der Waals surface area contributed by atoms with Crippen LogP contribution in [0.15, 0.2) is 101 Å². The third-order valence-corrected chi connectivity index (χ3v) is 6.40. The Kier molecular flexibility index (Phi) is 4.71. The van der Waals surface area contributed by atoms with Crippen molar-refractivity contribution in [2.45, 2.75) is 6.92 Å². The lowest BCUT2D eigenvalue weighted by Gasteiger charge is -2.13. The molecule has 0 spiro atoms. The molecule has 4 aromatic rings. The Bertz CT molecular complexity index is 1970. The number of benzene rings is 4. The molecule has 0 radical (unpaired) electrons. The van der Waals surface area contributed by atoms with Crippen molar-refractivity contribution in [2.75, 3.05) is 5.32 Å². The van der Waals surface area contributed by atoms with E-state index < -0.39 is 5.56 Å². The van der Waals surface area contributed by atoms with Gasteiger partial charge in [0.15, 0.2) is 5.43 Å². The largest absolute Gasteiger partial charge is 0.506 e. The van der Waals surface area contributed by atoms with E-state index in [2.05, 4.69) is 10.3 Å². The summed E-state index contributed by atoms with van der Waals surface area (Å²) in [5.74, 6) is -0.160. The summed E-state index contributed by atoms with van der Waals surface area (Å²) in [6.07, 6.45) is 0. The molecule has 0 saturated carbocycles. The molecular weight excluding hydrogens is 436 g/mol. The highest BCUT2D eigenvalue weighted by Crippen LogP contribution is 2.27. The molecule has 1 aliphatic heterocycles. The predicted molar refractivity (Wildman–Crippen MR) is 140 cm³/mol. The summed E-state index contributed by atoms with van der Waals surface area (Å²) >= 11 is 0. The van der Waals surface area contributed by atoms with Gasteiger partial charge in [-0.05, 0) is 36.6 Å². The average molecular weight is 457 g/mol. The van der Waals surface area contributed by atoms with E-state index in [1.54, 1.807) is 48.5 Å². The number of fused-ring (bicyclic) bond motifs is 2. The molecule has 5 nitrogen and oxygen atoms in total. The molecule has 0 amide bonds. The Morgan fingerprint density at radius 2 is 1.46 bits per heavy atom. The molecule has 1 heterocycles. The smallest absolute Gasteiger partial charge is 0.281 e. The van der Waals surface area contributed by atoms with Crippen molar-refractivity contribution in [3.05, 3.63) is 138 Å². The number of aromatic nitrogens is 1. The van der Waals surface area contributed by atoms with E-state index in [1.165, 1.54) is 0 Å². The molecule has 0 atom stereocenters. The fourth-order valence-corrected chi connectivity index (χ4v) is 4.73. The molecule has 168 valence electrons. The van der Waals surface area contributed by atoms with Gasteiger partial charge in [-0.3, -0.25) is 9.59 Å². The number of hydrogen-bond acceptors (Lipinski definition) is 5. The van der Waals surface area contributed by atoms with E-state index in [9.17, 15) is 14.7 Å². The number of aliphatic hydroxyl groups is 1. The summed E-state index contributed by atoms with van der Waals surface area (Å²) in [7, 11) is 0. The van der Waals surface area contributed by atoms with Gasteiger partial charge in [0.1, 0.15) is 5.76 Å². The first-order chi connectivity index (χ1) is 17.0. The lowest BCUT2D eigenvalue weighted by Crippen LogP contribution is -2.33. The van der Waals surface area contributed by atoms with Crippen LogP contribution in [0.5, 0.6) is 0 Å². The quantitative estimate of drug-likeness (QED) is 0.402. The Morgan fingerprint density at radius 1 is 0.771 bits per heavy atom. The second kappa shape index (κ2) is 7.92. The van der Waals surface area contributed by atoms with Gasteiger partial charge in [-0.15, -0.1) is 0 Å². The molecular formula is C30H20N2O3. The van der Waals surface area contributed by atoms with Gasteiger partial charge in [0, 0.05) is 27.1 Å². The zero-order valence-corrected chi connectivity index (χ0v) is 18.9. The first-order valence-electron chi connectivity index (χ1n) is 11.3. The zero-order valence-electron chi connectivity index (χ0n) is 18.9. The van der Waals surface area contributed by atoms with Gasteiger partial charge >= 0.3 is 0 Å². The van der Waals surface area contributed by atoms with Crippen molar-refractivity contribution in [3.8, 4) is 0 Å². The maximum atomic E-state index is 13.8. The van der Waals surface area contributed by atoms with Crippen LogP contribution in [-0.2, 0) is 0 Å². The van der Waals surface area contributed by atoms with Gasteiger partial charge in [0.25, 0.3) is 5.56 Å². The Hall–Kier alpha value is -4.77. The second-order valence-electron chi connectivity index (χ2n) is 8.63. The zero-order chi connectivity index (χ0) is 24.1. The topological polar surface area (TPSA) is 79.3 Å². The van der Waals surface area contributed by atoms with Gasteiger partial charge < -0.3 is 10.4 Å². The van der Waals surface area contributed by atoms with E-state index in [0.717, 1.165) is 11.3 Å². The van der Waals surface area contributed by atoms with E-state index in [0.29, 0.717) is 43.4 Å². The van der Waals surface area contributed by atoms with Crippen molar-refractivity contribution in [1.82, 2.24) is 4.98 Å². The SMILES string of the molecule is Cc1ccc(Nc2ccc3nc(=O)c(=C(O)c4ccccc4)c4c5ccccc5c(=O)c2c3=4)cc1. The van der Waals surface area contributed by atoms with Crippen LogP contribution in [0.1, 0.15) is 11.1 Å². The monoisotopic (exact) mass is 456 g/mol. The fourth-order valence-electron chi connectivity index (χ4n) is 4.73. The molecule has 5 heteroatoms. The number of hydrogen-bond donors (Lipinski definition) is 2. The van der Waals surface area contributed by atoms with Crippen molar-refractivity contribution >= 4 is 38.8 Å². The van der Waals surface area contributed by atoms with E-state index in [-0.39, 0.29) is 16.4 Å². The number of nitrogens with zero attached hydrogens (tertiary/aromatic N) is 1. The van der Waals surface area contributed by atoms with Crippen LogP contribution >= 0.6 is 0 Å². The number of aryl methyl sites for hydroxylation is 1. The molecule has 0 unspecified atom stereocenters.